The van der Waals surface area contributed by atoms with Crippen molar-refractivity contribution in [2.45, 2.75) is 6.42 Å². The zero-order valence-electron chi connectivity index (χ0n) is 12.1. The van der Waals surface area contributed by atoms with E-state index in [1.807, 2.05) is 12.1 Å². The summed E-state index contributed by atoms with van der Waals surface area (Å²) in [4.78, 5) is 14.5. The van der Waals surface area contributed by atoms with E-state index in [2.05, 4.69) is 10.3 Å². The number of pyridine rings is 1. The van der Waals surface area contributed by atoms with Crippen LogP contribution in [0.15, 0.2) is 48.8 Å². The molecule has 0 saturated carbocycles. The molecule has 3 heterocycles. The average molecular weight is 307 g/mol. The molecule has 1 aliphatic heterocycles. The highest BCUT2D eigenvalue weighted by Gasteiger charge is 2.24. The van der Waals surface area contributed by atoms with Crippen molar-refractivity contribution in [1.29, 1.82) is 0 Å². The lowest BCUT2D eigenvalue weighted by molar-refractivity contribution is -0.384. The van der Waals surface area contributed by atoms with Gasteiger partial charge in [-0.1, -0.05) is 0 Å². The smallest absolute Gasteiger partial charge is 0.269 e. The number of nitrogens with one attached hydrogen (secondary N) is 1. The number of aromatic nitrogens is 3. The van der Waals surface area contributed by atoms with Gasteiger partial charge in [0.1, 0.15) is 5.82 Å². The zero-order chi connectivity index (χ0) is 15.8. The van der Waals surface area contributed by atoms with Gasteiger partial charge < -0.3 is 5.32 Å². The van der Waals surface area contributed by atoms with Crippen LogP contribution in [0.3, 0.4) is 0 Å². The van der Waals surface area contributed by atoms with E-state index < -0.39 is 4.92 Å². The molecule has 0 aliphatic carbocycles. The Morgan fingerprint density at radius 2 is 2.04 bits per heavy atom. The molecule has 0 amide bonds. The number of hydrogen-bond donors (Lipinski definition) is 1. The maximum atomic E-state index is 10.8. The lowest BCUT2D eigenvalue weighted by atomic mass is 10.1. The summed E-state index contributed by atoms with van der Waals surface area (Å²) < 4.78 is 1.80. The van der Waals surface area contributed by atoms with Crippen molar-refractivity contribution in [3.63, 3.8) is 0 Å². The summed E-state index contributed by atoms with van der Waals surface area (Å²) in [6.45, 7) is 0.855. The van der Waals surface area contributed by atoms with Gasteiger partial charge in [-0.05, 0) is 30.7 Å². The predicted molar refractivity (Wildman–Crippen MR) is 85.6 cm³/mol. The highest BCUT2D eigenvalue weighted by molar-refractivity contribution is 5.72. The Balaban J connectivity index is 1.82. The third-order valence-corrected chi connectivity index (χ3v) is 3.89. The Kier molecular flexibility index (Phi) is 3.04. The molecule has 3 aromatic rings. The Hall–Kier alpha value is -3.22. The van der Waals surface area contributed by atoms with Crippen LogP contribution in [0, 0.1) is 10.1 Å². The first kappa shape index (κ1) is 13.4. The molecule has 23 heavy (non-hydrogen) atoms. The minimum Gasteiger partial charge on any atom is -0.369 e. The summed E-state index contributed by atoms with van der Waals surface area (Å²) in [6, 6.07) is 10.3. The Bertz CT molecular complexity index is 871. The lowest BCUT2D eigenvalue weighted by Crippen LogP contribution is -2.04. The Morgan fingerprint density at radius 1 is 1.22 bits per heavy atom. The van der Waals surface area contributed by atoms with Gasteiger partial charge in [0.15, 0.2) is 0 Å². The number of nitrogens with zero attached hydrogens (tertiary/aromatic N) is 4. The van der Waals surface area contributed by atoms with Crippen LogP contribution in [0.4, 0.5) is 11.5 Å². The number of anilines is 1. The minimum absolute atomic E-state index is 0.0676. The first-order valence-electron chi connectivity index (χ1n) is 7.25. The van der Waals surface area contributed by atoms with Crippen molar-refractivity contribution in [2.24, 2.45) is 0 Å². The summed E-state index contributed by atoms with van der Waals surface area (Å²) in [5, 5.41) is 18.8. The van der Waals surface area contributed by atoms with E-state index in [4.69, 9.17) is 5.10 Å². The number of non-ortho nitro benzene ring substituents is 1. The minimum atomic E-state index is -0.406. The van der Waals surface area contributed by atoms with Crippen molar-refractivity contribution < 1.29 is 4.92 Å². The van der Waals surface area contributed by atoms with Gasteiger partial charge >= 0.3 is 0 Å². The van der Waals surface area contributed by atoms with E-state index >= 15 is 0 Å². The monoisotopic (exact) mass is 307 g/mol. The number of hydrogen-bond acceptors (Lipinski definition) is 5. The van der Waals surface area contributed by atoms with E-state index in [1.54, 1.807) is 29.2 Å². The number of rotatable bonds is 3. The molecule has 7 nitrogen and oxygen atoms in total. The van der Waals surface area contributed by atoms with Gasteiger partial charge in [0.2, 0.25) is 0 Å². The van der Waals surface area contributed by atoms with Crippen LogP contribution in [-0.2, 0) is 6.42 Å². The van der Waals surface area contributed by atoms with Crippen molar-refractivity contribution in [3.8, 4) is 16.9 Å². The van der Waals surface area contributed by atoms with E-state index in [-0.39, 0.29) is 5.69 Å². The molecule has 1 aliphatic rings. The summed E-state index contributed by atoms with van der Waals surface area (Å²) in [5.74, 6) is 0.942. The normalized spacial score (nSPS) is 12.7. The first-order chi connectivity index (χ1) is 11.2. The van der Waals surface area contributed by atoms with Crippen molar-refractivity contribution in [3.05, 3.63) is 64.5 Å². The van der Waals surface area contributed by atoms with E-state index in [9.17, 15) is 10.1 Å². The van der Waals surface area contributed by atoms with Crippen LogP contribution in [0.25, 0.3) is 16.9 Å². The maximum Gasteiger partial charge on any atom is 0.269 e. The molecular formula is C16H13N5O2. The van der Waals surface area contributed by atoms with Crippen LogP contribution in [-0.4, -0.2) is 26.2 Å². The molecule has 1 N–H and O–H groups in total. The fourth-order valence-corrected chi connectivity index (χ4v) is 2.81. The second-order valence-electron chi connectivity index (χ2n) is 5.28. The molecule has 1 aromatic carbocycles. The summed E-state index contributed by atoms with van der Waals surface area (Å²) >= 11 is 0. The quantitative estimate of drug-likeness (QED) is 0.594. The topological polar surface area (TPSA) is 85.9 Å². The molecule has 4 rings (SSSR count). The molecule has 0 fully saturated rings. The maximum absolute atomic E-state index is 10.8. The second kappa shape index (κ2) is 5.20. The molecule has 0 bridgehead atoms. The molecule has 7 heteroatoms. The SMILES string of the molecule is O=[N+]([O-])c1ccc(-n2nc(-c3cccnc3)c3c2NCC3)cc1. The van der Waals surface area contributed by atoms with Crippen LogP contribution < -0.4 is 5.32 Å². The fourth-order valence-electron chi connectivity index (χ4n) is 2.81. The van der Waals surface area contributed by atoms with Gasteiger partial charge in [-0.2, -0.15) is 5.10 Å². The van der Waals surface area contributed by atoms with Crippen molar-refractivity contribution in [2.75, 3.05) is 11.9 Å². The van der Waals surface area contributed by atoms with Gasteiger partial charge in [-0.15, -0.1) is 0 Å². The highest BCUT2D eigenvalue weighted by atomic mass is 16.6. The van der Waals surface area contributed by atoms with Gasteiger partial charge in [-0.3, -0.25) is 15.1 Å². The van der Waals surface area contributed by atoms with Gasteiger partial charge in [0.05, 0.1) is 16.3 Å². The Morgan fingerprint density at radius 3 is 2.74 bits per heavy atom. The first-order valence-corrected chi connectivity index (χ1v) is 7.25. The fraction of sp³-hybridized carbons (Fsp3) is 0.125. The molecule has 0 unspecified atom stereocenters. The second-order valence-corrected chi connectivity index (χ2v) is 5.28. The van der Waals surface area contributed by atoms with Gasteiger partial charge in [0, 0.05) is 42.2 Å². The standard InChI is InChI=1S/C16H13N5O2/c22-21(23)13-5-3-12(4-6-13)20-16-14(7-9-18-16)15(19-20)11-2-1-8-17-10-11/h1-6,8,10,18H,7,9H2. The number of nitro groups is 1. The number of benzene rings is 1. The van der Waals surface area contributed by atoms with Gasteiger partial charge in [-0.25, -0.2) is 4.68 Å². The molecule has 2 aromatic heterocycles. The molecule has 0 spiro atoms. The zero-order valence-corrected chi connectivity index (χ0v) is 12.1. The largest absolute Gasteiger partial charge is 0.369 e. The van der Waals surface area contributed by atoms with Crippen molar-refractivity contribution >= 4 is 11.5 Å². The number of nitro benzene ring substituents is 1. The summed E-state index contributed by atoms with van der Waals surface area (Å²) in [5.41, 5.74) is 3.87. The van der Waals surface area contributed by atoms with Gasteiger partial charge in [0.25, 0.3) is 5.69 Å². The third-order valence-electron chi connectivity index (χ3n) is 3.89. The van der Waals surface area contributed by atoms with E-state index in [0.717, 1.165) is 41.3 Å². The van der Waals surface area contributed by atoms with Crippen LogP contribution >= 0.6 is 0 Å². The summed E-state index contributed by atoms with van der Waals surface area (Å²) in [6.07, 6.45) is 4.42. The molecular weight excluding hydrogens is 294 g/mol. The molecule has 0 saturated heterocycles. The molecule has 114 valence electrons. The molecule has 0 radical (unpaired) electrons. The number of fused-ring (bicyclic) bond motifs is 1. The Labute approximate surface area is 131 Å². The van der Waals surface area contributed by atoms with E-state index in [1.165, 1.54) is 12.1 Å². The average Bonchev–Trinajstić information content (AvgIpc) is 3.18. The van der Waals surface area contributed by atoms with E-state index in [0.29, 0.717) is 0 Å². The predicted octanol–water partition coefficient (Wildman–Crippen LogP) is 2.81. The van der Waals surface area contributed by atoms with Crippen LogP contribution in [0.1, 0.15) is 5.56 Å². The van der Waals surface area contributed by atoms with Crippen molar-refractivity contribution in [1.82, 2.24) is 14.8 Å². The van der Waals surface area contributed by atoms with Crippen LogP contribution in [0.2, 0.25) is 0 Å². The highest BCUT2D eigenvalue weighted by Crippen LogP contribution is 2.34. The molecule has 0 atom stereocenters. The van der Waals surface area contributed by atoms with Crippen LogP contribution in [0.5, 0.6) is 0 Å². The lowest BCUT2D eigenvalue weighted by Gasteiger charge is -2.06. The summed E-state index contributed by atoms with van der Waals surface area (Å²) in [7, 11) is 0. The third kappa shape index (κ3) is 2.22.